The van der Waals surface area contributed by atoms with E-state index in [4.69, 9.17) is 5.11 Å². The Labute approximate surface area is 73.3 Å². The van der Waals surface area contributed by atoms with E-state index in [2.05, 4.69) is 10.6 Å². The summed E-state index contributed by atoms with van der Waals surface area (Å²) >= 11 is 0. The van der Waals surface area contributed by atoms with Crippen LogP contribution in [0.25, 0.3) is 0 Å². The van der Waals surface area contributed by atoms with Crippen LogP contribution >= 0.6 is 0 Å². The Morgan fingerprint density at radius 1 is 1.58 bits per heavy atom. The van der Waals surface area contributed by atoms with Crippen molar-refractivity contribution < 1.29 is 9.90 Å². The van der Waals surface area contributed by atoms with Crippen LogP contribution in [0, 0.1) is 0 Å². The SMILES string of the molecule is CCNCCC(=O)N[C@@H](C)CO. The minimum absolute atomic E-state index is 0.00700. The summed E-state index contributed by atoms with van der Waals surface area (Å²) in [5.74, 6) is -0.0162. The van der Waals surface area contributed by atoms with Gasteiger partial charge < -0.3 is 15.7 Å². The van der Waals surface area contributed by atoms with Gasteiger partial charge in [-0.2, -0.15) is 0 Å². The molecular formula is C8H18N2O2. The second-order valence-electron chi connectivity index (χ2n) is 2.75. The van der Waals surface area contributed by atoms with Crippen LogP contribution in [-0.4, -0.2) is 36.8 Å². The summed E-state index contributed by atoms with van der Waals surface area (Å²) in [5.41, 5.74) is 0. The number of carbonyl (C=O) groups is 1. The van der Waals surface area contributed by atoms with E-state index in [1.807, 2.05) is 6.92 Å². The molecule has 0 spiro atoms. The standard InChI is InChI=1S/C8H18N2O2/c1-3-9-5-4-8(12)10-7(2)6-11/h7,9,11H,3-6H2,1-2H3,(H,10,12)/t7-/m0/s1. The highest BCUT2D eigenvalue weighted by Crippen LogP contribution is 1.82. The number of aliphatic hydroxyl groups excluding tert-OH is 1. The molecule has 12 heavy (non-hydrogen) atoms. The van der Waals surface area contributed by atoms with Gasteiger partial charge >= 0.3 is 0 Å². The Morgan fingerprint density at radius 2 is 2.25 bits per heavy atom. The molecule has 72 valence electrons. The molecule has 0 aromatic heterocycles. The molecule has 0 heterocycles. The third-order valence-corrected chi connectivity index (χ3v) is 1.46. The van der Waals surface area contributed by atoms with Crippen molar-refractivity contribution in [3.63, 3.8) is 0 Å². The molecule has 0 bridgehead atoms. The summed E-state index contributed by atoms with van der Waals surface area (Å²) in [7, 11) is 0. The van der Waals surface area contributed by atoms with Crippen LogP contribution in [-0.2, 0) is 4.79 Å². The first-order valence-electron chi connectivity index (χ1n) is 4.31. The van der Waals surface area contributed by atoms with Gasteiger partial charge in [0.05, 0.1) is 6.61 Å². The molecule has 0 radical (unpaired) electrons. The second-order valence-corrected chi connectivity index (χ2v) is 2.75. The van der Waals surface area contributed by atoms with Crippen LogP contribution in [0.3, 0.4) is 0 Å². The maximum Gasteiger partial charge on any atom is 0.221 e. The predicted molar refractivity (Wildman–Crippen MR) is 47.9 cm³/mol. The van der Waals surface area contributed by atoms with Crippen LogP contribution in [0.2, 0.25) is 0 Å². The maximum absolute atomic E-state index is 11.0. The topological polar surface area (TPSA) is 61.4 Å². The van der Waals surface area contributed by atoms with E-state index in [9.17, 15) is 4.79 Å². The molecule has 0 saturated carbocycles. The molecule has 0 rings (SSSR count). The van der Waals surface area contributed by atoms with Gasteiger partial charge in [-0.15, -0.1) is 0 Å². The molecule has 4 nitrogen and oxygen atoms in total. The minimum Gasteiger partial charge on any atom is -0.394 e. The van der Waals surface area contributed by atoms with E-state index in [-0.39, 0.29) is 18.6 Å². The summed E-state index contributed by atoms with van der Waals surface area (Å²) < 4.78 is 0. The third kappa shape index (κ3) is 6.12. The van der Waals surface area contributed by atoms with Crippen molar-refractivity contribution in [2.75, 3.05) is 19.7 Å². The number of rotatable bonds is 6. The Morgan fingerprint density at radius 3 is 2.75 bits per heavy atom. The number of nitrogens with one attached hydrogen (secondary N) is 2. The number of carbonyl (C=O) groups excluding carboxylic acids is 1. The lowest BCUT2D eigenvalue weighted by atomic mass is 10.3. The normalized spacial score (nSPS) is 12.6. The first kappa shape index (κ1) is 11.4. The molecule has 0 aromatic carbocycles. The van der Waals surface area contributed by atoms with Gasteiger partial charge in [-0.05, 0) is 13.5 Å². The number of hydrogen-bond acceptors (Lipinski definition) is 3. The Kier molecular flexibility index (Phi) is 6.70. The Bertz CT molecular complexity index is 128. The lowest BCUT2D eigenvalue weighted by molar-refractivity contribution is -0.121. The highest BCUT2D eigenvalue weighted by molar-refractivity contribution is 5.76. The lowest BCUT2D eigenvalue weighted by Gasteiger charge is -2.10. The first-order valence-corrected chi connectivity index (χ1v) is 4.31. The van der Waals surface area contributed by atoms with Crippen LogP contribution in [0.4, 0.5) is 0 Å². The molecule has 3 N–H and O–H groups in total. The van der Waals surface area contributed by atoms with Gasteiger partial charge in [-0.1, -0.05) is 6.92 Å². The van der Waals surface area contributed by atoms with E-state index in [0.717, 1.165) is 6.54 Å². The first-order chi connectivity index (χ1) is 5.70. The molecule has 0 aliphatic carbocycles. The third-order valence-electron chi connectivity index (χ3n) is 1.46. The average molecular weight is 174 g/mol. The second kappa shape index (κ2) is 7.06. The fourth-order valence-corrected chi connectivity index (χ4v) is 0.771. The molecule has 4 heteroatoms. The smallest absolute Gasteiger partial charge is 0.221 e. The summed E-state index contributed by atoms with van der Waals surface area (Å²) in [6.45, 7) is 5.33. The van der Waals surface area contributed by atoms with Crippen molar-refractivity contribution in [2.24, 2.45) is 0 Å². The summed E-state index contributed by atoms with van der Waals surface area (Å²) in [4.78, 5) is 11.0. The van der Waals surface area contributed by atoms with E-state index in [1.54, 1.807) is 6.92 Å². The zero-order chi connectivity index (χ0) is 9.40. The van der Waals surface area contributed by atoms with Crippen molar-refractivity contribution in [3.05, 3.63) is 0 Å². The van der Waals surface area contributed by atoms with Gasteiger partial charge in [0.2, 0.25) is 5.91 Å². The van der Waals surface area contributed by atoms with Crippen molar-refractivity contribution >= 4 is 5.91 Å². The molecule has 1 amide bonds. The van der Waals surface area contributed by atoms with Crippen LogP contribution < -0.4 is 10.6 Å². The fraction of sp³-hybridized carbons (Fsp3) is 0.875. The van der Waals surface area contributed by atoms with Gasteiger partial charge in [-0.3, -0.25) is 4.79 Å². The zero-order valence-electron chi connectivity index (χ0n) is 7.76. The van der Waals surface area contributed by atoms with E-state index < -0.39 is 0 Å². The molecule has 0 aliphatic rings. The lowest BCUT2D eigenvalue weighted by Crippen LogP contribution is -2.36. The van der Waals surface area contributed by atoms with Gasteiger partial charge in [0.25, 0.3) is 0 Å². The molecular weight excluding hydrogens is 156 g/mol. The monoisotopic (exact) mass is 174 g/mol. The zero-order valence-corrected chi connectivity index (χ0v) is 7.76. The van der Waals surface area contributed by atoms with E-state index in [0.29, 0.717) is 13.0 Å². The van der Waals surface area contributed by atoms with Crippen LogP contribution in [0.1, 0.15) is 20.3 Å². The maximum atomic E-state index is 11.0. The van der Waals surface area contributed by atoms with Gasteiger partial charge in [0, 0.05) is 19.0 Å². The summed E-state index contributed by atoms with van der Waals surface area (Å²) in [6.07, 6.45) is 0.470. The fourth-order valence-electron chi connectivity index (χ4n) is 0.771. The molecule has 0 aliphatic heterocycles. The van der Waals surface area contributed by atoms with Gasteiger partial charge in [-0.25, -0.2) is 0 Å². The molecule has 0 fully saturated rings. The largest absolute Gasteiger partial charge is 0.394 e. The van der Waals surface area contributed by atoms with E-state index >= 15 is 0 Å². The van der Waals surface area contributed by atoms with E-state index in [1.165, 1.54) is 0 Å². The molecule has 0 saturated heterocycles. The van der Waals surface area contributed by atoms with Crippen LogP contribution in [0.15, 0.2) is 0 Å². The average Bonchev–Trinajstić information content (AvgIpc) is 2.05. The highest BCUT2D eigenvalue weighted by atomic mass is 16.3. The van der Waals surface area contributed by atoms with Crippen molar-refractivity contribution in [1.29, 1.82) is 0 Å². The number of aliphatic hydroxyl groups is 1. The Balaban J connectivity index is 3.33. The summed E-state index contributed by atoms with van der Waals surface area (Å²) in [6, 6.07) is -0.140. The van der Waals surface area contributed by atoms with Crippen molar-refractivity contribution in [3.8, 4) is 0 Å². The van der Waals surface area contributed by atoms with Crippen molar-refractivity contribution in [2.45, 2.75) is 26.3 Å². The Hall–Kier alpha value is -0.610. The quantitative estimate of drug-likeness (QED) is 0.475. The highest BCUT2D eigenvalue weighted by Gasteiger charge is 2.04. The van der Waals surface area contributed by atoms with Gasteiger partial charge in [0.1, 0.15) is 0 Å². The predicted octanol–water partition coefficient (Wildman–Crippen LogP) is -0.517. The molecule has 1 atom stereocenters. The van der Waals surface area contributed by atoms with Gasteiger partial charge in [0.15, 0.2) is 0 Å². The minimum atomic E-state index is -0.140. The number of amides is 1. The molecule has 0 aromatic rings. The van der Waals surface area contributed by atoms with Crippen LogP contribution in [0.5, 0.6) is 0 Å². The summed E-state index contributed by atoms with van der Waals surface area (Å²) in [5, 5.41) is 14.3. The molecule has 0 unspecified atom stereocenters. The number of hydrogen-bond donors (Lipinski definition) is 3. The van der Waals surface area contributed by atoms with Crippen molar-refractivity contribution in [1.82, 2.24) is 10.6 Å².